The molecule has 1 aromatic rings. The molecule has 0 saturated carbocycles. The minimum absolute atomic E-state index is 0.242. The lowest BCUT2D eigenvalue weighted by Crippen LogP contribution is -2.50. The van der Waals surface area contributed by atoms with Crippen LogP contribution < -0.4 is 10.2 Å². The summed E-state index contributed by atoms with van der Waals surface area (Å²) in [4.78, 5) is 16.9. The number of hydrogen-bond donors (Lipinski definition) is 1. The van der Waals surface area contributed by atoms with Crippen LogP contribution in [0.15, 0.2) is 24.3 Å². The van der Waals surface area contributed by atoms with Crippen molar-refractivity contribution >= 4 is 11.6 Å². The van der Waals surface area contributed by atoms with Crippen molar-refractivity contribution in [3.63, 3.8) is 0 Å². The van der Waals surface area contributed by atoms with Crippen LogP contribution in [0.2, 0.25) is 0 Å². The number of carbonyl (C=O) groups excluding carboxylic acids is 1. The smallest absolute Gasteiger partial charge is 0.241 e. The predicted molar refractivity (Wildman–Crippen MR) is 81.0 cm³/mol. The Balaban J connectivity index is 1.74. The van der Waals surface area contributed by atoms with Crippen molar-refractivity contribution in [2.24, 2.45) is 5.92 Å². The van der Waals surface area contributed by atoms with E-state index in [1.807, 2.05) is 11.0 Å². The van der Waals surface area contributed by atoms with Crippen molar-refractivity contribution in [1.82, 2.24) is 10.2 Å². The van der Waals surface area contributed by atoms with Crippen LogP contribution in [0.5, 0.6) is 0 Å². The Morgan fingerprint density at radius 1 is 1.30 bits per heavy atom. The number of piperazine rings is 1. The third-order valence-corrected chi connectivity index (χ3v) is 4.21. The molecule has 2 heterocycles. The highest BCUT2D eigenvalue weighted by molar-refractivity contribution is 5.96. The van der Waals surface area contributed by atoms with Crippen molar-refractivity contribution < 1.29 is 4.79 Å². The Morgan fingerprint density at radius 2 is 2.05 bits per heavy atom. The Kier molecular flexibility index (Phi) is 4.03. The third-order valence-electron chi connectivity index (χ3n) is 4.21. The van der Waals surface area contributed by atoms with Gasteiger partial charge >= 0.3 is 0 Å². The van der Waals surface area contributed by atoms with Crippen molar-refractivity contribution in [1.29, 1.82) is 0 Å². The molecule has 1 N–H and O–H groups in total. The number of nitrogens with zero attached hydrogens (tertiary/aromatic N) is 2. The third kappa shape index (κ3) is 2.86. The molecule has 4 nitrogen and oxygen atoms in total. The van der Waals surface area contributed by atoms with Gasteiger partial charge in [-0.15, -0.1) is 0 Å². The number of anilines is 1. The highest BCUT2D eigenvalue weighted by Crippen LogP contribution is 2.29. The molecule has 0 aliphatic carbocycles. The predicted octanol–water partition coefficient (Wildman–Crippen LogP) is 1.12. The summed E-state index contributed by atoms with van der Waals surface area (Å²) >= 11 is 0. The van der Waals surface area contributed by atoms with E-state index in [2.05, 4.69) is 35.3 Å². The molecule has 0 spiro atoms. The van der Waals surface area contributed by atoms with Gasteiger partial charge in [0.25, 0.3) is 0 Å². The molecule has 1 unspecified atom stereocenters. The Bertz CT molecular complexity index is 482. The van der Waals surface area contributed by atoms with Gasteiger partial charge in [0.05, 0.1) is 6.54 Å². The van der Waals surface area contributed by atoms with Gasteiger partial charge in [0, 0.05) is 38.4 Å². The van der Waals surface area contributed by atoms with Crippen LogP contribution in [0.3, 0.4) is 0 Å². The SMILES string of the molecule is CC1Cc2ccccc2N(C(=O)CN2CCNCC2)C1. The second kappa shape index (κ2) is 5.94. The first-order chi connectivity index (χ1) is 9.74. The fourth-order valence-electron chi connectivity index (χ4n) is 3.18. The molecule has 1 fully saturated rings. The summed E-state index contributed by atoms with van der Waals surface area (Å²) < 4.78 is 0. The van der Waals surface area contributed by atoms with Gasteiger partial charge in [-0.3, -0.25) is 9.69 Å². The summed E-state index contributed by atoms with van der Waals surface area (Å²) in [5.74, 6) is 0.780. The van der Waals surface area contributed by atoms with Crippen LogP contribution in [-0.4, -0.2) is 50.1 Å². The summed E-state index contributed by atoms with van der Waals surface area (Å²) in [6.07, 6.45) is 1.08. The maximum Gasteiger partial charge on any atom is 0.241 e. The first kappa shape index (κ1) is 13.6. The lowest BCUT2D eigenvalue weighted by molar-refractivity contribution is -0.120. The normalized spacial score (nSPS) is 23.4. The van der Waals surface area contributed by atoms with E-state index in [1.54, 1.807) is 0 Å². The topological polar surface area (TPSA) is 35.6 Å². The number of rotatable bonds is 2. The molecule has 0 aromatic heterocycles. The van der Waals surface area contributed by atoms with Crippen LogP contribution in [-0.2, 0) is 11.2 Å². The summed E-state index contributed by atoms with van der Waals surface area (Å²) in [7, 11) is 0. The van der Waals surface area contributed by atoms with Crippen molar-refractivity contribution in [2.75, 3.05) is 44.2 Å². The van der Waals surface area contributed by atoms with Gasteiger partial charge in [0.15, 0.2) is 0 Å². The molecule has 4 heteroatoms. The average molecular weight is 273 g/mol. The molecule has 20 heavy (non-hydrogen) atoms. The molecule has 1 atom stereocenters. The number of fused-ring (bicyclic) bond motifs is 1. The molecule has 2 aliphatic rings. The molecule has 3 rings (SSSR count). The maximum atomic E-state index is 12.6. The first-order valence-corrected chi connectivity index (χ1v) is 7.55. The zero-order valence-corrected chi connectivity index (χ0v) is 12.1. The highest BCUT2D eigenvalue weighted by atomic mass is 16.2. The van der Waals surface area contributed by atoms with E-state index >= 15 is 0 Å². The number of para-hydroxylation sites is 1. The molecular formula is C16H23N3O. The van der Waals surface area contributed by atoms with Crippen molar-refractivity contribution in [2.45, 2.75) is 13.3 Å². The molecule has 2 aliphatic heterocycles. The molecule has 1 saturated heterocycles. The van der Waals surface area contributed by atoms with E-state index in [0.717, 1.165) is 44.8 Å². The van der Waals surface area contributed by atoms with E-state index in [0.29, 0.717) is 12.5 Å². The number of carbonyl (C=O) groups is 1. The number of nitrogens with one attached hydrogen (secondary N) is 1. The van der Waals surface area contributed by atoms with Gasteiger partial charge in [-0.05, 0) is 24.0 Å². The van der Waals surface area contributed by atoms with Crippen molar-refractivity contribution in [3.05, 3.63) is 29.8 Å². The van der Waals surface area contributed by atoms with Crippen LogP contribution in [0.25, 0.3) is 0 Å². The summed E-state index contributed by atoms with van der Waals surface area (Å²) in [6, 6.07) is 8.32. The quantitative estimate of drug-likeness (QED) is 0.877. The van der Waals surface area contributed by atoms with Gasteiger partial charge in [0.2, 0.25) is 5.91 Å². The van der Waals surface area contributed by atoms with Gasteiger partial charge in [-0.25, -0.2) is 0 Å². The van der Waals surface area contributed by atoms with Crippen LogP contribution in [0.1, 0.15) is 12.5 Å². The zero-order valence-electron chi connectivity index (χ0n) is 12.1. The summed E-state index contributed by atoms with van der Waals surface area (Å²) in [6.45, 7) is 7.53. The molecule has 108 valence electrons. The van der Waals surface area contributed by atoms with Gasteiger partial charge in [-0.1, -0.05) is 25.1 Å². The lowest BCUT2D eigenvalue weighted by Gasteiger charge is -2.35. The van der Waals surface area contributed by atoms with E-state index in [-0.39, 0.29) is 5.91 Å². The second-order valence-corrected chi connectivity index (χ2v) is 5.97. The number of benzene rings is 1. The Hall–Kier alpha value is -1.39. The Labute approximate surface area is 120 Å². The maximum absolute atomic E-state index is 12.6. The number of amides is 1. The molecule has 1 aromatic carbocycles. The van der Waals surface area contributed by atoms with E-state index in [4.69, 9.17) is 0 Å². The highest BCUT2D eigenvalue weighted by Gasteiger charge is 2.27. The minimum Gasteiger partial charge on any atom is -0.314 e. The zero-order chi connectivity index (χ0) is 13.9. The number of hydrogen-bond acceptors (Lipinski definition) is 3. The van der Waals surface area contributed by atoms with Gasteiger partial charge < -0.3 is 10.2 Å². The van der Waals surface area contributed by atoms with Crippen molar-refractivity contribution in [3.8, 4) is 0 Å². The molecule has 0 bridgehead atoms. The van der Waals surface area contributed by atoms with E-state index in [1.165, 1.54) is 5.56 Å². The van der Waals surface area contributed by atoms with E-state index < -0.39 is 0 Å². The fraction of sp³-hybridized carbons (Fsp3) is 0.562. The van der Waals surface area contributed by atoms with E-state index in [9.17, 15) is 4.79 Å². The molecule has 0 radical (unpaired) electrons. The fourth-order valence-corrected chi connectivity index (χ4v) is 3.18. The minimum atomic E-state index is 0.242. The van der Waals surface area contributed by atoms with Gasteiger partial charge in [0.1, 0.15) is 0 Å². The summed E-state index contributed by atoms with van der Waals surface area (Å²) in [5, 5.41) is 3.32. The molecular weight excluding hydrogens is 250 g/mol. The van der Waals surface area contributed by atoms with Crippen LogP contribution in [0.4, 0.5) is 5.69 Å². The Morgan fingerprint density at radius 3 is 2.85 bits per heavy atom. The van der Waals surface area contributed by atoms with Crippen LogP contribution in [0, 0.1) is 5.92 Å². The monoisotopic (exact) mass is 273 g/mol. The first-order valence-electron chi connectivity index (χ1n) is 7.55. The van der Waals surface area contributed by atoms with Gasteiger partial charge in [-0.2, -0.15) is 0 Å². The summed E-state index contributed by atoms with van der Waals surface area (Å²) in [5.41, 5.74) is 2.42. The standard InChI is InChI=1S/C16H23N3O/c1-13-10-14-4-2-3-5-15(14)19(11-13)16(20)12-18-8-6-17-7-9-18/h2-5,13,17H,6-12H2,1H3. The van der Waals surface area contributed by atoms with Crippen LogP contribution >= 0.6 is 0 Å². The largest absolute Gasteiger partial charge is 0.314 e. The lowest BCUT2D eigenvalue weighted by atomic mass is 9.94. The molecule has 1 amide bonds. The average Bonchev–Trinajstić information content (AvgIpc) is 2.47. The second-order valence-electron chi connectivity index (χ2n) is 5.97.